The van der Waals surface area contributed by atoms with Crippen molar-refractivity contribution in [1.29, 1.82) is 0 Å². The Morgan fingerprint density at radius 3 is 2.58 bits per heavy atom. The normalized spacial score (nSPS) is 14.0. The molecular formula is C25H23ClN3O3Os. The molecular weight excluding hydrogens is 616 g/mol. The largest absolute Gasteiger partial charge is 1.00 e. The monoisotopic (exact) mass is 640 g/mol. The van der Waals surface area contributed by atoms with Crippen LogP contribution in [0.3, 0.4) is 0 Å². The van der Waals surface area contributed by atoms with Crippen LogP contribution in [0.5, 0.6) is 11.5 Å². The third-order valence-corrected chi connectivity index (χ3v) is 6.13. The first kappa shape index (κ1) is 23.5. The molecule has 8 heteroatoms. The molecule has 1 aliphatic carbocycles. The van der Waals surface area contributed by atoms with Crippen LogP contribution in [0.2, 0.25) is 5.02 Å². The number of nitrogens with zero attached hydrogens (tertiary/aromatic N) is 3. The van der Waals surface area contributed by atoms with E-state index < -0.39 is 0 Å². The van der Waals surface area contributed by atoms with Gasteiger partial charge in [-0.1, -0.05) is 42.5 Å². The van der Waals surface area contributed by atoms with E-state index in [2.05, 4.69) is 12.0 Å². The van der Waals surface area contributed by atoms with Crippen molar-refractivity contribution in [2.75, 3.05) is 13.7 Å². The molecule has 1 saturated carbocycles. The van der Waals surface area contributed by atoms with Crippen LogP contribution in [0, 0.1) is 18.8 Å². The molecule has 0 bridgehead atoms. The molecule has 0 amide bonds. The summed E-state index contributed by atoms with van der Waals surface area (Å²) < 4.78 is 14.5. The molecule has 2 aromatic carbocycles. The molecule has 6 nitrogen and oxygen atoms in total. The minimum absolute atomic E-state index is 0. The summed E-state index contributed by atoms with van der Waals surface area (Å²) in [6, 6.07) is 14.7. The number of benzene rings is 2. The van der Waals surface area contributed by atoms with Gasteiger partial charge in [-0.2, -0.15) is 5.10 Å². The van der Waals surface area contributed by atoms with E-state index in [9.17, 15) is 4.79 Å². The molecule has 33 heavy (non-hydrogen) atoms. The maximum absolute atomic E-state index is 13.2. The zero-order valence-corrected chi connectivity index (χ0v) is 21.4. The number of hydrogen-bond donors (Lipinski definition) is 0. The third kappa shape index (κ3) is 4.85. The molecule has 1 aliphatic rings. The average molecular weight is 639 g/mol. The zero-order chi connectivity index (χ0) is 22.2. The fraction of sp³-hybridized carbons (Fsp3) is 0.240. The van der Waals surface area contributed by atoms with Crippen molar-refractivity contribution in [2.24, 2.45) is 11.8 Å². The first-order chi connectivity index (χ1) is 15.5. The average Bonchev–Trinajstić information content (AvgIpc) is 3.57. The van der Waals surface area contributed by atoms with Gasteiger partial charge in [0, 0.05) is 22.8 Å². The fourth-order valence-electron chi connectivity index (χ4n) is 3.80. The van der Waals surface area contributed by atoms with Crippen molar-refractivity contribution >= 4 is 17.1 Å². The van der Waals surface area contributed by atoms with E-state index in [4.69, 9.17) is 21.1 Å². The van der Waals surface area contributed by atoms with Crippen LogP contribution in [0.1, 0.15) is 12.8 Å². The van der Waals surface area contributed by atoms with Crippen molar-refractivity contribution in [3.8, 4) is 28.3 Å². The van der Waals surface area contributed by atoms with E-state index in [1.807, 2.05) is 48.7 Å². The number of ether oxygens (including phenoxy) is 2. The molecule has 1 unspecified atom stereocenters. The molecule has 4 aromatic rings. The summed E-state index contributed by atoms with van der Waals surface area (Å²) in [6.07, 6.45) is 5.79. The van der Waals surface area contributed by atoms with Gasteiger partial charge in [-0.05, 0) is 35.9 Å². The molecule has 1 fully saturated rings. The standard InChI is InChI=1S/C25H23ClN3O3.Os/c1-16(17-3-4-17)14-32-23-10-9-21(12-24(23)31-2)28-15-27-29-13-19(11-22(29)25(28)30)18-5-7-20(26)8-6-18;/h5-13,15-17H,1,3-4,14H2,2H3;/q-1;+1. The summed E-state index contributed by atoms with van der Waals surface area (Å²) in [4.78, 5) is 13.2. The van der Waals surface area contributed by atoms with Crippen LogP contribution >= 0.6 is 11.6 Å². The van der Waals surface area contributed by atoms with Gasteiger partial charge in [-0.25, -0.2) is 4.52 Å². The van der Waals surface area contributed by atoms with E-state index in [-0.39, 0.29) is 31.3 Å². The smallest absolute Gasteiger partial charge is 0.493 e. The van der Waals surface area contributed by atoms with Gasteiger partial charge in [0.2, 0.25) is 0 Å². The Hall–Kier alpha value is -2.61. The molecule has 1 atom stereocenters. The van der Waals surface area contributed by atoms with E-state index in [1.165, 1.54) is 23.7 Å². The van der Waals surface area contributed by atoms with Gasteiger partial charge in [-0.3, -0.25) is 9.36 Å². The summed E-state index contributed by atoms with van der Waals surface area (Å²) in [7, 11) is 1.59. The van der Waals surface area contributed by atoms with Crippen LogP contribution in [-0.4, -0.2) is 27.9 Å². The second-order valence-electron chi connectivity index (χ2n) is 8.12. The Bertz CT molecular complexity index is 1330. The van der Waals surface area contributed by atoms with E-state index in [0.717, 1.165) is 11.1 Å². The quantitative estimate of drug-likeness (QED) is 0.266. The van der Waals surface area contributed by atoms with E-state index in [0.29, 0.717) is 40.3 Å². The first-order valence-corrected chi connectivity index (χ1v) is 10.9. The predicted molar refractivity (Wildman–Crippen MR) is 125 cm³/mol. The summed E-state index contributed by atoms with van der Waals surface area (Å²) >= 11 is 5.99. The first-order valence-electron chi connectivity index (χ1n) is 10.5. The second-order valence-corrected chi connectivity index (χ2v) is 8.55. The van der Waals surface area contributed by atoms with Crippen molar-refractivity contribution in [3.63, 3.8) is 0 Å². The molecule has 1 radical (unpaired) electrons. The Morgan fingerprint density at radius 1 is 1.12 bits per heavy atom. The Morgan fingerprint density at radius 2 is 1.88 bits per heavy atom. The predicted octanol–water partition coefficient (Wildman–Crippen LogP) is 5.05. The van der Waals surface area contributed by atoms with Gasteiger partial charge in [0.15, 0.2) is 11.5 Å². The third-order valence-electron chi connectivity index (χ3n) is 5.87. The molecule has 2 heterocycles. The van der Waals surface area contributed by atoms with Crippen molar-refractivity contribution in [2.45, 2.75) is 12.8 Å². The minimum atomic E-state index is -0.178. The Kier molecular flexibility index (Phi) is 6.93. The van der Waals surface area contributed by atoms with Crippen LogP contribution in [0.25, 0.3) is 22.3 Å². The second kappa shape index (κ2) is 9.71. The SMILES string of the molecule is [CH2-]C(COc1ccc(-n2cnn3cc(-c4ccc(Cl)cc4)cc3c2=O)cc1OC)C1CC1.[Os+]. The summed E-state index contributed by atoms with van der Waals surface area (Å²) in [5.74, 6) is 2.14. The maximum atomic E-state index is 13.2. The Balaban J connectivity index is 0.00000259. The maximum Gasteiger partial charge on any atom is 1.00 e. The molecule has 171 valence electrons. The van der Waals surface area contributed by atoms with E-state index >= 15 is 0 Å². The number of fused-ring (bicyclic) bond motifs is 1. The summed E-state index contributed by atoms with van der Waals surface area (Å²) in [5.41, 5.74) is 2.80. The van der Waals surface area contributed by atoms with Gasteiger partial charge < -0.3 is 16.4 Å². The number of aromatic nitrogens is 3. The van der Waals surface area contributed by atoms with Gasteiger partial charge >= 0.3 is 19.8 Å². The van der Waals surface area contributed by atoms with Gasteiger partial charge in [-0.15, -0.1) is 5.92 Å². The zero-order valence-electron chi connectivity index (χ0n) is 18.1. The number of halogens is 1. The molecule has 0 aliphatic heterocycles. The number of methoxy groups -OCH3 is 1. The van der Waals surface area contributed by atoms with Crippen LogP contribution < -0.4 is 15.0 Å². The number of rotatable bonds is 7. The summed E-state index contributed by atoms with van der Waals surface area (Å²) in [5, 5.41) is 5.08. The topological polar surface area (TPSA) is 57.8 Å². The van der Waals surface area contributed by atoms with E-state index in [1.54, 1.807) is 17.7 Å². The fourth-order valence-corrected chi connectivity index (χ4v) is 3.93. The van der Waals surface area contributed by atoms with Gasteiger partial charge in [0.05, 0.1) is 19.4 Å². The molecule has 0 spiro atoms. The molecule has 0 saturated heterocycles. The van der Waals surface area contributed by atoms with Gasteiger partial charge in [0.1, 0.15) is 11.8 Å². The van der Waals surface area contributed by atoms with Crippen LogP contribution in [0.4, 0.5) is 0 Å². The minimum Gasteiger partial charge on any atom is -0.493 e. The van der Waals surface area contributed by atoms with Crippen LogP contribution in [0.15, 0.2) is 65.8 Å². The molecule has 5 rings (SSSR count). The molecule has 2 aromatic heterocycles. The summed E-state index contributed by atoms with van der Waals surface area (Å²) in [6.45, 7) is 4.72. The van der Waals surface area contributed by atoms with Crippen molar-refractivity contribution < 1.29 is 29.3 Å². The van der Waals surface area contributed by atoms with Crippen molar-refractivity contribution in [1.82, 2.24) is 14.2 Å². The van der Waals surface area contributed by atoms with Crippen LogP contribution in [-0.2, 0) is 19.8 Å². The Labute approximate surface area is 210 Å². The molecule has 0 N–H and O–H groups in total. The van der Waals surface area contributed by atoms with Gasteiger partial charge in [0.25, 0.3) is 5.56 Å². The number of hydrogen-bond acceptors (Lipinski definition) is 4. The van der Waals surface area contributed by atoms with Crippen molar-refractivity contribution in [3.05, 3.63) is 83.4 Å².